The largest absolute Gasteiger partial charge is 0.390 e. The number of allylic oxidation sites excluding steroid dienone is 10. The first-order chi connectivity index (χ1) is 12.7. The average molecular weight is 412 g/mol. The summed E-state index contributed by atoms with van der Waals surface area (Å²) in [6.07, 6.45) is 19.6. The van der Waals surface area contributed by atoms with Crippen molar-refractivity contribution in [1.82, 2.24) is 15.5 Å². The van der Waals surface area contributed by atoms with Gasteiger partial charge in [-0.3, -0.25) is 9.59 Å². The Kier molecular flexibility index (Phi) is 11.1. The minimum atomic E-state index is 0. The summed E-state index contributed by atoms with van der Waals surface area (Å²) in [6, 6.07) is 0. The van der Waals surface area contributed by atoms with Crippen molar-refractivity contribution in [2.24, 2.45) is 0 Å². The number of ketones is 2. The molecular weight excluding hydrogens is 385 g/mol. The molecule has 6 heteroatoms. The van der Waals surface area contributed by atoms with E-state index in [0.29, 0.717) is 11.1 Å². The van der Waals surface area contributed by atoms with Gasteiger partial charge in [0.1, 0.15) is 0 Å². The van der Waals surface area contributed by atoms with Crippen LogP contribution in [0.15, 0.2) is 72.2 Å². The summed E-state index contributed by atoms with van der Waals surface area (Å²) >= 11 is 0. The third-order valence-electron chi connectivity index (χ3n) is 4.08. The SMILES string of the molecule is CN(CCCNC=C1C=CC=CC1=O)CCCNC=C1C=CC=CC1=O.[Co]. The molecule has 0 fully saturated rings. The molecule has 0 aliphatic heterocycles. The molecular formula is C21H27CoN3O2. The molecule has 2 rings (SSSR count). The van der Waals surface area contributed by atoms with Gasteiger partial charge in [-0.05, 0) is 57.3 Å². The van der Waals surface area contributed by atoms with E-state index < -0.39 is 0 Å². The fourth-order valence-corrected chi connectivity index (χ4v) is 2.58. The smallest absolute Gasteiger partial charge is 0.187 e. The van der Waals surface area contributed by atoms with Gasteiger partial charge in [0, 0.05) is 53.4 Å². The van der Waals surface area contributed by atoms with Gasteiger partial charge in [-0.2, -0.15) is 0 Å². The van der Waals surface area contributed by atoms with Crippen LogP contribution >= 0.6 is 0 Å². The first-order valence-corrected chi connectivity index (χ1v) is 9.00. The second-order valence-corrected chi connectivity index (χ2v) is 6.28. The quantitative estimate of drug-likeness (QED) is 0.425. The first kappa shape index (κ1) is 22.9. The van der Waals surface area contributed by atoms with Gasteiger partial charge in [-0.15, -0.1) is 0 Å². The fraction of sp³-hybridized carbons (Fsp3) is 0.333. The van der Waals surface area contributed by atoms with Crippen LogP contribution in [0.1, 0.15) is 12.8 Å². The molecule has 2 aliphatic carbocycles. The number of rotatable bonds is 10. The van der Waals surface area contributed by atoms with Crippen molar-refractivity contribution in [3.63, 3.8) is 0 Å². The van der Waals surface area contributed by atoms with Gasteiger partial charge >= 0.3 is 0 Å². The number of hydrogen-bond acceptors (Lipinski definition) is 5. The minimum absolute atomic E-state index is 0. The van der Waals surface area contributed by atoms with Crippen LogP contribution in [-0.2, 0) is 26.4 Å². The number of hydrogen-bond donors (Lipinski definition) is 2. The summed E-state index contributed by atoms with van der Waals surface area (Å²) in [4.78, 5) is 25.4. The van der Waals surface area contributed by atoms with Crippen LogP contribution in [0.3, 0.4) is 0 Å². The Bertz CT molecular complexity index is 630. The molecule has 0 atom stereocenters. The molecule has 1 radical (unpaired) electrons. The zero-order valence-electron chi connectivity index (χ0n) is 15.6. The van der Waals surface area contributed by atoms with E-state index in [2.05, 4.69) is 22.6 Å². The Labute approximate surface area is 171 Å². The Hall–Kier alpha value is -2.15. The maximum atomic E-state index is 11.6. The van der Waals surface area contributed by atoms with E-state index in [1.54, 1.807) is 36.7 Å². The molecule has 147 valence electrons. The van der Waals surface area contributed by atoms with E-state index in [1.807, 2.05) is 24.3 Å². The van der Waals surface area contributed by atoms with Gasteiger partial charge in [0.25, 0.3) is 0 Å². The van der Waals surface area contributed by atoms with Crippen LogP contribution in [0.5, 0.6) is 0 Å². The molecule has 0 aromatic heterocycles. The predicted octanol–water partition coefficient (Wildman–Crippen LogP) is 2.03. The van der Waals surface area contributed by atoms with Gasteiger partial charge in [0.05, 0.1) is 0 Å². The van der Waals surface area contributed by atoms with Crippen molar-refractivity contribution in [2.45, 2.75) is 12.8 Å². The van der Waals surface area contributed by atoms with E-state index in [9.17, 15) is 9.59 Å². The van der Waals surface area contributed by atoms with Crippen LogP contribution in [0.25, 0.3) is 0 Å². The van der Waals surface area contributed by atoms with Crippen LogP contribution in [-0.4, -0.2) is 49.7 Å². The van der Waals surface area contributed by atoms with Crippen molar-refractivity contribution in [1.29, 1.82) is 0 Å². The molecule has 0 heterocycles. The van der Waals surface area contributed by atoms with Crippen molar-refractivity contribution in [3.05, 3.63) is 72.2 Å². The summed E-state index contributed by atoms with van der Waals surface area (Å²) in [5, 5.41) is 6.40. The van der Waals surface area contributed by atoms with E-state index in [0.717, 1.165) is 39.0 Å². The Morgan fingerprint density at radius 2 is 1.19 bits per heavy atom. The molecule has 0 aromatic rings. The van der Waals surface area contributed by atoms with Crippen LogP contribution in [0.2, 0.25) is 0 Å². The fourth-order valence-electron chi connectivity index (χ4n) is 2.58. The number of nitrogens with one attached hydrogen (secondary N) is 2. The van der Waals surface area contributed by atoms with E-state index in [1.165, 1.54) is 0 Å². The molecule has 0 saturated carbocycles. The van der Waals surface area contributed by atoms with E-state index in [-0.39, 0.29) is 28.3 Å². The molecule has 5 nitrogen and oxygen atoms in total. The average Bonchev–Trinajstić information content (AvgIpc) is 2.64. The third-order valence-corrected chi connectivity index (χ3v) is 4.08. The van der Waals surface area contributed by atoms with Crippen LogP contribution in [0.4, 0.5) is 0 Å². The third kappa shape index (κ3) is 8.86. The number of carbonyl (C=O) groups is 2. The Morgan fingerprint density at radius 3 is 1.59 bits per heavy atom. The van der Waals surface area contributed by atoms with Gasteiger partial charge in [0.15, 0.2) is 11.6 Å². The van der Waals surface area contributed by atoms with Crippen molar-refractivity contribution < 1.29 is 26.4 Å². The second-order valence-electron chi connectivity index (χ2n) is 6.28. The zero-order valence-corrected chi connectivity index (χ0v) is 16.7. The van der Waals surface area contributed by atoms with Crippen molar-refractivity contribution >= 4 is 11.6 Å². The van der Waals surface area contributed by atoms with Crippen molar-refractivity contribution in [2.75, 3.05) is 33.2 Å². The molecule has 0 spiro atoms. The standard InChI is InChI=1S/C21H27N3O2.Co/c1-24(14-6-12-22-16-18-8-2-4-10-20(18)25)15-7-13-23-17-19-9-3-5-11-21(19)26;/h2-5,8-11,16-17,22-23H,6-7,12-15H2,1H3;. The molecule has 27 heavy (non-hydrogen) atoms. The summed E-state index contributed by atoms with van der Waals surface area (Å²) < 4.78 is 0. The maximum absolute atomic E-state index is 11.6. The Balaban J connectivity index is 0.00000364. The van der Waals surface area contributed by atoms with Gasteiger partial charge in [-0.1, -0.05) is 24.3 Å². The molecule has 0 bridgehead atoms. The summed E-state index contributed by atoms with van der Waals surface area (Å²) in [7, 11) is 2.10. The number of nitrogens with zero attached hydrogens (tertiary/aromatic N) is 1. The van der Waals surface area contributed by atoms with Crippen molar-refractivity contribution in [3.8, 4) is 0 Å². The second kappa shape index (κ2) is 13.1. The Morgan fingerprint density at radius 1 is 0.778 bits per heavy atom. The van der Waals surface area contributed by atoms with E-state index >= 15 is 0 Å². The summed E-state index contributed by atoms with van der Waals surface area (Å²) in [5.74, 6) is 0.0852. The van der Waals surface area contributed by atoms with Gasteiger partial charge in [-0.25, -0.2) is 0 Å². The van der Waals surface area contributed by atoms with Crippen LogP contribution in [0, 0.1) is 0 Å². The molecule has 0 saturated heterocycles. The predicted molar refractivity (Wildman–Crippen MR) is 105 cm³/mol. The molecule has 2 aliphatic rings. The maximum Gasteiger partial charge on any atom is 0.187 e. The van der Waals surface area contributed by atoms with Gasteiger partial charge in [0.2, 0.25) is 0 Å². The van der Waals surface area contributed by atoms with Crippen LogP contribution < -0.4 is 10.6 Å². The van der Waals surface area contributed by atoms with E-state index in [4.69, 9.17) is 0 Å². The molecule has 0 aromatic carbocycles. The molecule has 0 amide bonds. The molecule has 2 N–H and O–H groups in total. The van der Waals surface area contributed by atoms with Gasteiger partial charge < -0.3 is 15.5 Å². The summed E-state index contributed by atoms with van der Waals surface area (Å²) in [5.41, 5.74) is 1.39. The number of carbonyl (C=O) groups excluding carboxylic acids is 2. The molecule has 0 unspecified atom stereocenters. The zero-order chi connectivity index (χ0) is 18.6. The first-order valence-electron chi connectivity index (χ1n) is 9.00. The normalized spacial score (nSPS) is 18.4. The topological polar surface area (TPSA) is 61.4 Å². The minimum Gasteiger partial charge on any atom is -0.390 e. The monoisotopic (exact) mass is 412 g/mol. The summed E-state index contributed by atoms with van der Waals surface area (Å²) in [6.45, 7) is 3.66.